The molecule has 2 heterocycles. The van der Waals surface area contributed by atoms with Gasteiger partial charge in [0.2, 0.25) is 0 Å². The van der Waals surface area contributed by atoms with Gasteiger partial charge in [0, 0.05) is 11.7 Å². The van der Waals surface area contributed by atoms with Gasteiger partial charge >= 0.3 is 5.91 Å². The van der Waals surface area contributed by atoms with Crippen LogP contribution >= 0.6 is 0 Å². The van der Waals surface area contributed by atoms with Gasteiger partial charge in [-0.25, -0.2) is 9.28 Å². The number of quaternary nitrogens is 1. The van der Waals surface area contributed by atoms with E-state index in [1.165, 1.54) is 11.1 Å². The minimum atomic E-state index is -1.00. The van der Waals surface area contributed by atoms with E-state index in [1.54, 1.807) is 14.1 Å². The van der Waals surface area contributed by atoms with Gasteiger partial charge in [-0.05, 0) is 54.0 Å². The summed E-state index contributed by atoms with van der Waals surface area (Å²) in [6.07, 6.45) is 3.14. The Balaban J connectivity index is 1.71. The van der Waals surface area contributed by atoms with Gasteiger partial charge in [0.15, 0.2) is 11.7 Å². The van der Waals surface area contributed by atoms with Crippen LogP contribution in [0.1, 0.15) is 45.4 Å². The number of aryl methyl sites for hydroxylation is 1. The van der Waals surface area contributed by atoms with Crippen molar-refractivity contribution in [1.82, 2.24) is 4.40 Å². The summed E-state index contributed by atoms with van der Waals surface area (Å²) < 4.78 is 1.59. The molecular formula is C24H28N3O3+. The molecule has 0 radical (unpaired) electrons. The number of fused-ring (bicyclic) bond motifs is 1. The fourth-order valence-corrected chi connectivity index (χ4v) is 4.47. The van der Waals surface area contributed by atoms with Crippen molar-refractivity contribution in [2.45, 2.75) is 31.2 Å². The summed E-state index contributed by atoms with van der Waals surface area (Å²) >= 11 is 0. The highest BCUT2D eigenvalue weighted by atomic mass is 16.3. The van der Waals surface area contributed by atoms with Crippen LogP contribution in [0.2, 0.25) is 0 Å². The molecule has 2 aromatic heterocycles. The molecule has 2 unspecified atom stereocenters. The average Bonchev–Trinajstić information content (AvgIpc) is 3.44. The van der Waals surface area contributed by atoms with E-state index in [4.69, 9.17) is 5.73 Å². The van der Waals surface area contributed by atoms with E-state index in [1.807, 2.05) is 35.7 Å². The summed E-state index contributed by atoms with van der Waals surface area (Å²) in [5.74, 6) is -0.0160. The summed E-state index contributed by atoms with van der Waals surface area (Å²) in [6, 6.07) is 15.6. The first-order chi connectivity index (χ1) is 14.3. The molecule has 1 aromatic carbocycles. The van der Waals surface area contributed by atoms with E-state index in [-0.39, 0.29) is 10.4 Å². The molecule has 156 valence electrons. The van der Waals surface area contributed by atoms with Crippen molar-refractivity contribution in [2.24, 2.45) is 5.73 Å². The first-order valence-corrected chi connectivity index (χ1v) is 10.2. The van der Waals surface area contributed by atoms with Gasteiger partial charge in [-0.15, -0.1) is 0 Å². The quantitative estimate of drug-likeness (QED) is 0.617. The number of rotatable bonds is 6. The fraction of sp³-hybridized carbons (Fsp3) is 0.333. The lowest BCUT2D eigenvalue weighted by atomic mass is 10.1. The van der Waals surface area contributed by atoms with Gasteiger partial charge in [0.05, 0.1) is 14.1 Å². The third-order valence-corrected chi connectivity index (χ3v) is 6.43. The van der Waals surface area contributed by atoms with Crippen molar-refractivity contribution in [2.75, 3.05) is 20.7 Å². The van der Waals surface area contributed by atoms with Crippen molar-refractivity contribution in [3.05, 3.63) is 77.1 Å². The number of nitrogens with zero attached hydrogens (tertiary/aromatic N) is 2. The normalized spacial score (nSPS) is 19.6. The van der Waals surface area contributed by atoms with Crippen LogP contribution in [0.25, 0.3) is 5.52 Å². The summed E-state index contributed by atoms with van der Waals surface area (Å²) in [7, 11) is 3.23. The Hall–Kier alpha value is -2.96. The largest absolute Gasteiger partial charge is 0.390 e. The van der Waals surface area contributed by atoms with Gasteiger partial charge in [-0.2, -0.15) is 0 Å². The summed E-state index contributed by atoms with van der Waals surface area (Å²) in [5, 5.41) is 9.65. The maximum Gasteiger partial charge on any atom is 0.363 e. The van der Waals surface area contributed by atoms with Gasteiger partial charge in [0.25, 0.3) is 5.91 Å². The molecule has 1 aliphatic rings. The molecule has 3 atom stereocenters. The lowest BCUT2D eigenvalue weighted by Crippen LogP contribution is -2.60. The monoisotopic (exact) mass is 406 g/mol. The second-order valence-electron chi connectivity index (χ2n) is 8.74. The Labute approximate surface area is 176 Å². The van der Waals surface area contributed by atoms with Crippen LogP contribution in [0.15, 0.2) is 54.7 Å². The number of carbonyl (C=O) groups excluding carboxylic acids is 2. The number of primary amides is 1. The van der Waals surface area contributed by atoms with E-state index >= 15 is 0 Å². The lowest BCUT2D eigenvalue weighted by molar-refractivity contribution is -0.825. The molecule has 1 aliphatic carbocycles. The zero-order chi connectivity index (χ0) is 21.6. The number of hydrogen-bond donors (Lipinski definition) is 2. The molecular weight excluding hydrogens is 378 g/mol. The molecule has 1 fully saturated rings. The number of aliphatic hydroxyl groups is 1. The van der Waals surface area contributed by atoms with Crippen molar-refractivity contribution < 1.29 is 19.2 Å². The average molecular weight is 407 g/mol. The van der Waals surface area contributed by atoms with E-state index in [0.717, 1.165) is 17.5 Å². The van der Waals surface area contributed by atoms with Gasteiger partial charge < -0.3 is 15.2 Å². The second kappa shape index (κ2) is 7.38. The zero-order valence-corrected chi connectivity index (χ0v) is 17.6. The number of likely N-dealkylation sites (N-methyl/N-ethyl adjacent to an activating group) is 1. The predicted molar refractivity (Wildman–Crippen MR) is 115 cm³/mol. The molecule has 3 N–H and O–H groups in total. The van der Waals surface area contributed by atoms with E-state index in [2.05, 4.69) is 30.3 Å². The van der Waals surface area contributed by atoms with Gasteiger partial charge in [-0.3, -0.25) is 4.79 Å². The molecule has 1 saturated carbocycles. The molecule has 2 amide bonds. The minimum Gasteiger partial charge on any atom is -0.390 e. The van der Waals surface area contributed by atoms with Crippen LogP contribution in [-0.2, 0) is 4.79 Å². The standard InChI is InChI=1S/C24H27N3O3/c1-15-11-18-10-9-17(20-12-19(20)16-7-5-4-6-8-16)13-26(18)22(15)24(30)27(2,3)21(14-28)23(25)29/h4-11,13,19-21,28H,12,14H2,1-3H3,(H-,25,29)/p+1/t19-,20?,21?/m1/s1. The Kier molecular flexibility index (Phi) is 5.00. The molecule has 0 saturated heterocycles. The summed E-state index contributed by atoms with van der Waals surface area (Å²) in [6.45, 7) is 1.41. The Morgan fingerprint density at radius 1 is 1.13 bits per heavy atom. The number of aliphatic hydroxyl groups excluding tert-OH is 1. The molecule has 0 spiro atoms. The number of aromatic nitrogens is 1. The maximum atomic E-state index is 13.5. The Morgan fingerprint density at radius 2 is 1.80 bits per heavy atom. The highest BCUT2D eigenvalue weighted by Gasteiger charge is 2.43. The van der Waals surface area contributed by atoms with Crippen molar-refractivity contribution in [3.8, 4) is 0 Å². The number of nitrogens with two attached hydrogens (primary N) is 1. The van der Waals surface area contributed by atoms with Crippen LogP contribution in [0.4, 0.5) is 0 Å². The zero-order valence-electron chi connectivity index (χ0n) is 17.6. The van der Waals surface area contributed by atoms with Gasteiger partial charge in [0.1, 0.15) is 6.61 Å². The Morgan fingerprint density at radius 3 is 2.43 bits per heavy atom. The number of benzene rings is 1. The molecule has 3 aromatic rings. The topological polar surface area (TPSA) is 84.8 Å². The Bertz CT molecular complexity index is 1120. The first kappa shape index (κ1) is 20.3. The highest BCUT2D eigenvalue weighted by Crippen LogP contribution is 2.54. The lowest BCUT2D eigenvalue weighted by Gasteiger charge is -2.32. The van der Waals surface area contributed by atoms with E-state index in [9.17, 15) is 14.7 Å². The smallest absolute Gasteiger partial charge is 0.363 e. The molecule has 6 nitrogen and oxygen atoms in total. The van der Waals surface area contributed by atoms with E-state index < -0.39 is 18.6 Å². The molecule has 6 heteroatoms. The van der Waals surface area contributed by atoms with E-state index in [0.29, 0.717) is 17.5 Å². The van der Waals surface area contributed by atoms with Crippen LogP contribution in [0.3, 0.4) is 0 Å². The van der Waals surface area contributed by atoms with Crippen molar-refractivity contribution >= 4 is 17.3 Å². The summed E-state index contributed by atoms with van der Waals surface area (Å²) in [4.78, 5) is 25.3. The highest BCUT2D eigenvalue weighted by molar-refractivity contribution is 5.93. The van der Waals surface area contributed by atoms with Crippen molar-refractivity contribution in [1.29, 1.82) is 0 Å². The van der Waals surface area contributed by atoms with Gasteiger partial charge in [-0.1, -0.05) is 36.4 Å². The number of hydrogen-bond acceptors (Lipinski definition) is 3. The van der Waals surface area contributed by atoms with Crippen LogP contribution < -0.4 is 5.73 Å². The third kappa shape index (κ3) is 3.32. The molecule has 30 heavy (non-hydrogen) atoms. The fourth-order valence-electron chi connectivity index (χ4n) is 4.47. The number of amides is 2. The van der Waals surface area contributed by atoms with Crippen LogP contribution in [0.5, 0.6) is 0 Å². The molecule has 4 rings (SSSR count). The van der Waals surface area contributed by atoms with Crippen LogP contribution in [0, 0.1) is 6.92 Å². The SMILES string of the molecule is Cc1cc2ccc(C3C[C@@H]3c3ccccc3)cn2c1C(=O)[N+](C)(C)C(CO)C(N)=O. The predicted octanol–water partition coefficient (Wildman–Crippen LogP) is 2.58. The minimum absolute atomic E-state index is 0.252. The first-order valence-electron chi connectivity index (χ1n) is 10.2. The van der Waals surface area contributed by atoms with Crippen LogP contribution in [-0.4, -0.2) is 52.5 Å². The molecule has 0 aliphatic heterocycles. The van der Waals surface area contributed by atoms with Crippen molar-refractivity contribution in [3.63, 3.8) is 0 Å². The number of carbonyl (C=O) groups is 2. The molecule has 0 bridgehead atoms. The summed E-state index contributed by atoms with van der Waals surface area (Å²) in [5.41, 5.74) is 10.3. The maximum absolute atomic E-state index is 13.5. The number of pyridine rings is 1. The third-order valence-electron chi connectivity index (χ3n) is 6.43. The second-order valence-corrected chi connectivity index (χ2v) is 8.74.